The first-order valence-electron chi connectivity index (χ1n) is 4.08. The molecule has 0 fully saturated rings. The largest absolute Gasteiger partial charge is 0.481 e. The Kier molecular flexibility index (Phi) is 3.43. The zero-order valence-corrected chi connectivity index (χ0v) is 7.16. The molecule has 0 saturated heterocycles. The number of halogens is 1. The summed E-state index contributed by atoms with van der Waals surface area (Å²) in [7, 11) is 0. The number of carbonyl (C=O) groups is 1. The molecule has 1 rings (SSSR count). The van der Waals surface area contributed by atoms with Gasteiger partial charge >= 0.3 is 5.97 Å². The summed E-state index contributed by atoms with van der Waals surface area (Å²) in [6.45, 7) is -0.377. The summed E-state index contributed by atoms with van der Waals surface area (Å²) in [4.78, 5) is 10.3. The van der Waals surface area contributed by atoms with Gasteiger partial charge in [-0.05, 0) is 11.1 Å². The molecule has 70 valence electrons. The highest BCUT2D eigenvalue weighted by molar-refractivity contribution is 5.70. The molecule has 0 amide bonds. The number of aliphatic carboxylic acids is 1. The summed E-state index contributed by atoms with van der Waals surface area (Å²) in [6, 6.07) is 6.97. The molecule has 0 aromatic heterocycles. The lowest BCUT2D eigenvalue weighted by molar-refractivity contribution is -0.136. The predicted octanol–water partition coefficient (Wildman–Crippen LogP) is 1.83. The summed E-state index contributed by atoms with van der Waals surface area (Å²) in [5.74, 6) is -0.849. The van der Waals surface area contributed by atoms with Gasteiger partial charge in [-0.2, -0.15) is 0 Å². The van der Waals surface area contributed by atoms with E-state index < -0.39 is 5.97 Å². The molecule has 13 heavy (non-hydrogen) atoms. The van der Waals surface area contributed by atoms with E-state index >= 15 is 0 Å². The highest BCUT2D eigenvalue weighted by atomic mass is 19.1. The van der Waals surface area contributed by atoms with Crippen LogP contribution in [-0.2, 0) is 17.6 Å². The van der Waals surface area contributed by atoms with Crippen molar-refractivity contribution in [3.63, 3.8) is 0 Å². The van der Waals surface area contributed by atoms with E-state index in [9.17, 15) is 9.18 Å². The summed E-state index contributed by atoms with van der Waals surface area (Å²) in [5, 5.41) is 8.48. The second-order valence-corrected chi connectivity index (χ2v) is 2.83. The van der Waals surface area contributed by atoms with Crippen molar-refractivity contribution in [3.8, 4) is 0 Å². The molecule has 0 bridgehead atoms. The van der Waals surface area contributed by atoms with Gasteiger partial charge < -0.3 is 5.11 Å². The highest BCUT2D eigenvalue weighted by Crippen LogP contribution is 2.06. The lowest BCUT2D eigenvalue weighted by atomic mass is 10.1. The fourth-order valence-electron chi connectivity index (χ4n) is 1.11. The molecule has 0 atom stereocenters. The van der Waals surface area contributed by atoms with Crippen molar-refractivity contribution in [1.82, 2.24) is 0 Å². The first kappa shape index (κ1) is 9.71. The van der Waals surface area contributed by atoms with Gasteiger partial charge in [0.25, 0.3) is 0 Å². The number of hydrogen-bond acceptors (Lipinski definition) is 1. The van der Waals surface area contributed by atoms with Gasteiger partial charge in [0.15, 0.2) is 0 Å². The number of hydrogen-bond donors (Lipinski definition) is 1. The Morgan fingerprint density at radius 1 is 1.23 bits per heavy atom. The topological polar surface area (TPSA) is 37.3 Å². The van der Waals surface area contributed by atoms with Gasteiger partial charge in [0.1, 0.15) is 0 Å². The standard InChI is InChI=1S/C10H11FO2/c11-6-5-8-1-3-9(4-2-8)7-10(12)13/h1-4H,5-7H2,(H,12,13). The fraction of sp³-hybridized carbons (Fsp3) is 0.300. The number of benzene rings is 1. The summed E-state index contributed by atoms with van der Waals surface area (Å²) in [6.07, 6.45) is 0.420. The van der Waals surface area contributed by atoms with E-state index in [0.717, 1.165) is 11.1 Å². The Labute approximate surface area is 76.0 Å². The van der Waals surface area contributed by atoms with Crippen LogP contribution in [0.4, 0.5) is 4.39 Å². The van der Waals surface area contributed by atoms with Crippen molar-refractivity contribution in [2.75, 3.05) is 6.67 Å². The van der Waals surface area contributed by atoms with Crippen LogP contribution in [0.1, 0.15) is 11.1 Å². The van der Waals surface area contributed by atoms with E-state index in [-0.39, 0.29) is 13.1 Å². The van der Waals surface area contributed by atoms with E-state index in [2.05, 4.69) is 0 Å². The first-order chi connectivity index (χ1) is 6.22. The molecule has 0 aliphatic rings. The summed E-state index contributed by atoms with van der Waals surface area (Å²) in [5.41, 5.74) is 1.65. The van der Waals surface area contributed by atoms with E-state index in [0.29, 0.717) is 6.42 Å². The molecular formula is C10H11FO2. The van der Waals surface area contributed by atoms with Crippen LogP contribution in [0.5, 0.6) is 0 Å². The van der Waals surface area contributed by atoms with E-state index in [1.807, 2.05) is 0 Å². The van der Waals surface area contributed by atoms with Crippen LogP contribution in [0.15, 0.2) is 24.3 Å². The van der Waals surface area contributed by atoms with Crippen LogP contribution in [-0.4, -0.2) is 17.8 Å². The van der Waals surface area contributed by atoms with Crippen LogP contribution < -0.4 is 0 Å². The first-order valence-corrected chi connectivity index (χ1v) is 4.08. The third kappa shape index (κ3) is 3.23. The van der Waals surface area contributed by atoms with Crippen molar-refractivity contribution in [3.05, 3.63) is 35.4 Å². The molecule has 0 unspecified atom stereocenters. The van der Waals surface area contributed by atoms with Crippen molar-refractivity contribution in [1.29, 1.82) is 0 Å². The van der Waals surface area contributed by atoms with Crippen molar-refractivity contribution >= 4 is 5.97 Å². The molecule has 0 radical (unpaired) electrons. The fourth-order valence-corrected chi connectivity index (χ4v) is 1.11. The van der Waals surface area contributed by atoms with E-state index in [4.69, 9.17) is 5.11 Å². The molecule has 0 saturated carbocycles. The average Bonchev–Trinajstić information content (AvgIpc) is 2.08. The second kappa shape index (κ2) is 4.60. The number of carboxylic acid groups (broad SMARTS) is 1. The van der Waals surface area contributed by atoms with Gasteiger partial charge in [0.2, 0.25) is 0 Å². The van der Waals surface area contributed by atoms with Crippen LogP contribution in [0.3, 0.4) is 0 Å². The summed E-state index contributed by atoms with van der Waals surface area (Å²) >= 11 is 0. The second-order valence-electron chi connectivity index (χ2n) is 2.83. The maximum atomic E-state index is 11.9. The van der Waals surface area contributed by atoms with E-state index in [1.165, 1.54) is 0 Å². The predicted molar refractivity (Wildman–Crippen MR) is 47.5 cm³/mol. The van der Waals surface area contributed by atoms with Crippen LogP contribution in [0.25, 0.3) is 0 Å². The third-order valence-corrected chi connectivity index (χ3v) is 1.76. The molecule has 0 aliphatic carbocycles. The number of carboxylic acids is 1. The monoisotopic (exact) mass is 182 g/mol. The summed E-state index contributed by atoms with van der Waals surface area (Å²) < 4.78 is 11.9. The van der Waals surface area contributed by atoms with Gasteiger partial charge in [-0.1, -0.05) is 24.3 Å². The van der Waals surface area contributed by atoms with Crippen molar-refractivity contribution in [2.24, 2.45) is 0 Å². The average molecular weight is 182 g/mol. The molecular weight excluding hydrogens is 171 g/mol. The molecule has 1 aromatic carbocycles. The highest BCUT2D eigenvalue weighted by Gasteiger charge is 1.99. The van der Waals surface area contributed by atoms with Crippen molar-refractivity contribution in [2.45, 2.75) is 12.8 Å². The lowest BCUT2D eigenvalue weighted by Gasteiger charge is -1.99. The Hall–Kier alpha value is -1.38. The smallest absolute Gasteiger partial charge is 0.307 e. The van der Waals surface area contributed by atoms with Gasteiger partial charge in [-0.25, -0.2) is 0 Å². The van der Waals surface area contributed by atoms with Crippen LogP contribution in [0, 0.1) is 0 Å². The van der Waals surface area contributed by atoms with E-state index in [1.54, 1.807) is 24.3 Å². The molecule has 0 aliphatic heterocycles. The SMILES string of the molecule is O=C(O)Cc1ccc(CCF)cc1. The molecule has 3 heteroatoms. The van der Waals surface area contributed by atoms with Crippen LogP contribution in [0.2, 0.25) is 0 Å². The molecule has 1 N–H and O–H groups in total. The molecule has 0 spiro atoms. The zero-order valence-electron chi connectivity index (χ0n) is 7.16. The molecule has 1 aromatic rings. The number of alkyl halides is 1. The maximum absolute atomic E-state index is 11.9. The minimum Gasteiger partial charge on any atom is -0.481 e. The lowest BCUT2D eigenvalue weighted by Crippen LogP contribution is -1.99. The normalized spacial score (nSPS) is 9.92. The number of aryl methyl sites for hydroxylation is 1. The Balaban J connectivity index is 2.64. The third-order valence-electron chi connectivity index (χ3n) is 1.76. The van der Waals surface area contributed by atoms with Crippen molar-refractivity contribution < 1.29 is 14.3 Å². The van der Waals surface area contributed by atoms with Crippen LogP contribution >= 0.6 is 0 Å². The molecule has 0 heterocycles. The zero-order chi connectivity index (χ0) is 9.68. The minimum absolute atomic E-state index is 0.0237. The Bertz CT molecular complexity index is 279. The van der Waals surface area contributed by atoms with Gasteiger partial charge in [0, 0.05) is 6.42 Å². The van der Waals surface area contributed by atoms with Gasteiger partial charge in [-0.3, -0.25) is 9.18 Å². The minimum atomic E-state index is -0.849. The quantitative estimate of drug-likeness (QED) is 0.771. The molecule has 2 nitrogen and oxygen atoms in total. The van der Waals surface area contributed by atoms with Gasteiger partial charge in [-0.15, -0.1) is 0 Å². The van der Waals surface area contributed by atoms with Gasteiger partial charge in [0.05, 0.1) is 13.1 Å². The number of rotatable bonds is 4. The Morgan fingerprint density at radius 2 is 1.77 bits per heavy atom. The maximum Gasteiger partial charge on any atom is 0.307 e. The Morgan fingerprint density at radius 3 is 2.23 bits per heavy atom.